The number of ether oxygens (including phenoxy) is 2. The van der Waals surface area contributed by atoms with Crippen molar-refractivity contribution in [3.63, 3.8) is 0 Å². The molecule has 1 aromatic rings. The highest BCUT2D eigenvalue weighted by Gasteiger charge is 2.15. The molecule has 1 rings (SSSR count). The van der Waals surface area contributed by atoms with Gasteiger partial charge in [-0.3, -0.25) is 4.79 Å². The first-order valence-electron chi connectivity index (χ1n) is 5.43. The molecule has 18 heavy (non-hydrogen) atoms. The molecule has 0 aliphatic carbocycles. The van der Waals surface area contributed by atoms with Crippen LogP contribution in [0.5, 0.6) is 5.75 Å². The fourth-order valence-corrected chi connectivity index (χ4v) is 2.72. The molecule has 0 bridgehead atoms. The molecule has 100 valence electrons. The molecule has 0 unspecified atom stereocenters. The molecule has 1 aromatic carbocycles. The van der Waals surface area contributed by atoms with Crippen LogP contribution < -0.4 is 4.74 Å². The normalized spacial score (nSPS) is 11.0. The number of methoxy groups -OCH3 is 2. The molecule has 0 aliphatic heterocycles. The highest BCUT2D eigenvalue weighted by molar-refractivity contribution is 7.91. The third kappa shape index (κ3) is 4.03. The largest absolute Gasteiger partial charge is 0.497 e. The van der Waals surface area contributed by atoms with Gasteiger partial charge in [-0.25, -0.2) is 8.42 Å². The van der Waals surface area contributed by atoms with Gasteiger partial charge in [-0.2, -0.15) is 0 Å². The summed E-state index contributed by atoms with van der Waals surface area (Å²) in [5.74, 6) is 0.123. The zero-order valence-electron chi connectivity index (χ0n) is 10.4. The minimum atomic E-state index is -3.35. The van der Waals surface area contributed by atoms with Crippen molar-refractivity contribution in [2.45, 2.75) is 17.7 Å². The second-order valence-electron chi connectivity index (χ2n) is 3.67. The molecule has 0 fully saturated rings. The highest BCUT2D eigenvalue weighted by atomic mass is 32.2. The number of hydrogen-bond acceptors (Lipinski definition) is 5. The maximum atomic E-state index is 11.9. The van der Waals surface area contributed by atoms with E-state index in [9.17, 15) is 13.2 Å². The van der Waals surface area contributed by atoms with E-state index in [4.69, 9.17) is 4.74 Å². The van der Waals surface area contributed by atoms with Crippen LogP contribution in [0.3, 0.4) is 0 Å². The van der Waals surface area contributed by atoms with Crippen molar-refractivity contribution in [3.8, 4) is 5.75 Å². The molecule has 0 atom stereocenters. The molecule has 0 spiro atoms. The number of esters is 1. The van der Waals surface area contributed by atoms with Gasteiger partial charge in [0, 0.05) is 6.42 Å². The Labute approximate surface area is 107 Å². The zero-order chi connectivity index (χ0) is 13.6. The Kier molecular flexibility index (Phi) is 5.15. The molecule has 6 heteroatoms. The van der Waals surface area contributed by atoms with Gasteiger partial charge in [0.2, 0.25) is 0 Å². The van der Waals surface area contributed by atoms with Crippen molar-refractivity contribution in [1.29, 1.82) is 0 Å². The summed E-state index contributed by atoms with van der Waals surface area (Å²) in [6, 6.07) is 6.17. The fourth-order valence-electron chi connectivity index (χ4n) is 1.41. The first-order chi connectivity index (χ1) is 8.49. The van der Waals surface area contributed by atoms with E-state index in [2.05, 4.69) is 4.74 Å². The summed E-state index contributed by atoms with van der Waals surface area (Å²) < 4.78 is 33.2. The lowest BCUT2D eigenvalue weighted by Crippen LogP contribution is -2.09. The summed E-state index contributed by atoms with van der Waals surface area (Å²) in [5.41, 5.74) is 0. The van der Waals surface area contributed by atoms with Crippen LogP contribution in [0.25, 0.3) is 0 Å². The van der Waals surface area contributed by atoms with Crippen LogP contribution in [0.2, 0.25) is 0 Å². The van der Waals surface area contributed by atoms with Crippen LogP contribution in [0.1, 0.15) is 12.8 Å². The zero-order valence-corrected chi connectivity index (χ0v) is 11.2. The van der Waals surface area contributed by atoms with E-state index in [0.717, 1.165) is 0 Å². The quantitative estimate of drug-likeness (QED) is 0.732. The van der Waals surface area contributed by atoms with Crippen molar-refractivity contribution < 1.29 is 22.7 Å². The lowest BCUT2D eigenvalue weighted by atomic mass is 10.3. The van der Waals surface area contributed by atoms with E-state index in [1.165, 1.54) is 26.4 Å². The van der Waals surface area contributed by atoms with Crippen LogP contribution in [0, 0.1) is 0 Å². The van der Waals surface area contributed by atoms with Gasteiger partial charge in [0.25, 0.3) is 0 Å². The predicted molar refractivity (Wildman–Crippen MR) is 66.3 cm³/mol. The Bertz CT molecular complexity index is 490. The minimum Gasteiger partial charge on any atom is -0.497 e. The smallest absolute Gasteiger partial charge is 0.305 e. The summed E-state index contributed by atoms with van der Waals surface area (Å²) in [6.07, 6.45) is 0.354. The average molecular weight is 272 g/mol. The molecule has 0 heterocycles. The Morgan fingerprint density at radius 2 is 1.78 bits per heavy atom. The standard InChI is InChI=1S/C12H16O5S/c1-16-10-5-7-11(8-6-10)18(14,15)9-3-4-12(13)17-2/h5-8H,3-4,9H2,1-2H3. The number of hydrogen-bond donors (Lipinski definition) is 0. The molecule has 0 radical (unpaired) electrons. The molecule has 0 aliphatic rings. The van der Waals surface area contributed by atoms with Crippen LogP contribution >= 0.6 is 0 Å². The van der Waals surface area contributed by atoms with E-state index < -0.39 is 15.8 Å². The first kappa shape index (κ1) is 14.5. The second-order valence-corrected chi connectivity index (χ2v) is 5.78. The Hall–Kier alpha value is -1.56. The Morgan fingerprint density at radius 1 is 1.17 bits per heavy atom. The lowest BCUT2D eigenvalue weighted by molar-refractivity contribution is -0.140. The molecule has 0 saturated heterocycles. The van der Waals surface area contributed by atoms with Crippen molar-refractivity contribution in [3.05, 3.63) is 24.3 Å². The van der Waals surface area contributed by atoms with Gasteiger partial charge < -0.3 is 9.47 Å². The molecular formula is C12H16O5S. The van der Waals surface area contributed by atoms with Gasteiger partial charge in [0.1, 0.15) is 5.75 Å². The molecule has 0 saturated carbocycles. The third-order valence-electron chi connectivity index (χ3n) is 2.44. The van der Waals surface area contributed by atoms with Crippen LogP contribution in [0.4, 0.5) is 0 Å². The van der Waals surface area contributed by atoms with E-state index in [1.807, 2.05) is 0 Å². The summed E-state index contributed by atoms with van der Waals surface area (Å²) in [4.78, 5) is 11.1. The minimum absolute atomic E-state index is 0.0750. The molecule has 0 aromatic heterocycles. The molecule has 0 amide bonds. The monoisotopic (exact) mass is 272 g/mol. The van der Waals surface area contributed by atoms with Gasteiger partial charge in [0.15, 0.2) is 9.84 Å². The predicted octanol–water partition coefficient (Wildman–Crippen LogP) is 1.42. The molecule has 5 nitrogen and oxygen atoms in total. The number of rotatable bonds is 6. The van der Waals surface area contributed by atoms with E-state index in [0.29, 0.717) is 5.75 Å². The Morgan fingerprint density at radius 3 is 2.28 bits per heavy atom. The van der Waals surface area contributed by atoms with Crippen molar-refractivity contribution in [2.24, 2.45) is 0 Å². The van der Waals surface area contributed by atoms with Gasteiger partial charge in [-0.1, -0.05) is 0 Å². The third-order valence-corrected chi connectivity index (χ3v) is 4.26. The highest BCUT2D eigenvalue weighted by Crippen LogP contribution is 2.17. The number of benzene rings is 1. The molecule has 0 N–H and O–H groups in total. The maximum Gasteiger partial charge on any atom is 0.305 e. The van der Waals surface area contributed by atoms with Gasteiger partial charge in [-0.15, -0.1) is 0 Å². The van der Waals surface area contributed by atoms with Gasteiger partial charge >= 0.3 is 5.97 Å². The summed E-state index contributed by atoms with van der Waals surface area (Å²) in [7, 11) is -0.561. The van der Waals surface area contributed by atoms with E-state index in [1.54, 1.807) is 12.1 Å². The van der Waals surface area contributed by atoms with Crippen molar-refractivity contribution in [2.75, 3.05) is 20.0 Å². The topological polar surface area (TPSA) is 69.7 Å². The van der Waals surface area contributed by atoms with E-state index in [-0.39, 0.29) is 23.5 Å². The Balaban J connectivity index is 2.65. The van der Waals surface area contributed by atoms with E-state index >= 15 is 0 Å². The maximum absolute atomic E-state index is 11.9. The molecular weight excluding hydrogens is 256 g/mol. The van der Waals surface area contributed by atoms with Crippen LogP contribution in [-0.2, 0) is 19.4 Å². The fraction of sp³-hybridized carbons (Fsp3) is 0.417. The van der Waals surface area contributed by atoms with Crippen molar-refractivity contribution >= 4 is 15.8 Å². The average Bonchev–Trinajstić information content (AvgIpc) is 2.38. The SMILES string of the molecule is COC(=O)CCCS(=O)(=O)c1ccc(OC)cc1. The number of carbonyl (C=O) groups is 1. The number of carbonyl (C=O) groups excluding carboxylic acids is 1. The number of sulfone groups is 1. The van der Waals surface area contributed by atoms with Crippen LogP contribution in [-0.4, -0.2) is 34.4 Å². The second kappa shape index (κ2) is 6.39. The summed E-state index contributed by atoms with van der Waals surface area (Å²) in [5, 5.41) is 0. The van der Waals surface area contributed by atoms with Crippen molar-refractivity contribution in [1.82, 2.24) is 0 Å². The summed E-state index contributed by atoms with van der Waals surface area (Å²) >= 11 is 0. The summed E-state index contributed by atoms with van der Waals surface area (Å²) in [6.45, 7) is 0. The van der Waals surface area contributed by atoms with Crippen LogP contribution in [0.15, 0.2) is 29.2 Å². The first-order valence-corrected chi connectivity index (χ1v) is 7.08. The van der Waals surface area contributed by atoms with Gasteiger partial charge in [0.05, 0.1) is 24.9 Å². The lowest BCUT2D eigenvalue weighted by Gasteiger charge is -2.05. The van der Waals surface area contributed by atoms with Gasteiger partial charge in [-0.05, 0) is 30.7 Å².